The third kappa shape index (κ3) is 2.41. The Labute approximate surface area is 123 Å². The highest BCUT2D eigenvalue weighted by atomic mass is 19.2. The molecule has 0 atom stereocenters. The Hall–Kier alpha value is -2.83. The number of H-pyrrole nitrogens is 1. The summed E-state index contributed by atoms with van der Waals surface area (Å²) in [5.74, 6) is -4.33. The SMILES string of the molecule is Cc1nc2ccc(C(=O)Nc3ccc(F)c(F)c3F)cc2[nH]1. The second-order valence-electron chi connectivity index (χ2n) is 4.73. The fraction of sp³-hybridized carbons (Fsp3) is 0.0667. The first-order valence-corrected chi connectivity index (χ1v) is 6.37. The van der Waals surface area contributed by atoms with Crippen LogP contribution in [0.4, 0.5) is 18.9 Å². The van der Waals surface area contributed by atoms with Crippen LogP contribution >= 0.6 is 0 Å². The first-order valence-electron chi connectivity index (χ1n) is 6.37. The average molecular weight is 305 g/mol. The highest BCUT2D eigenvalue weighted by Crippen LogP contribution is 2.21. The van der Waals surface area contributed by atoms with E-state index in [9.17, 15) is 18.0 Å². The average Bonchev–Trinajstić information content (AvgIpc) is 2.86. The topological polar surface area (TPSA) is 57.8 Å². The number of carbonyl (C=O) groups is 1. The zero-order valence-corrected chi connectivity index (χ0v) is 11.4. The van der Waals surface area contributed by atoms with Crippen molar-refractivity contribution in [1.82, 2.24) is 9.97 Å². The Morgan fingerprint density at radius 3 is 2.68 bits per heavy atom. The molecule has 0 fully saturated rings. The number of fused-ring (bicyclic) bond motifs is 1. The van der Waals surface area contributed by atoms with Crippen LogP contribution in [0.5, 0.6) is 0 Å². The van der Waals surface area contributed by atoms with Crippen molar-refractivity contribution in [2.45, 2.75) is 6.92 Å². The molecule has 1 amide bonds. The van der Waals surface area contributed by atoms with Gasteiger partial charge in [0.15, 0.2) is 17.5 Å². The maximum Gasteiger partial charge on any atom is 0.255 e. The van der Waals surface area contributed by atoms with Gasteiger partial charge in [0.25, 0.3) is 5.91 Å². The molecule has 0 saturated carbocycles. The molecule has 0 bridgehead atoms. The lowest BCUT2D eigenvalue weighted by Crippen LogP contribution is -2.13. The molecular weight excluding hydrogens is 295 g/mol. The zero-order chi connectivity index (χ0) is 15.9. The lowest BCUT2D eigenvalue weighted by molar-refractivity contribution is 0.102. The Bertz CT molecular complexity index is 889. The van der Waals surface area contributed by atoms with Crippen molar-refractivity contribution in [2.24, 2.45) is 0 Å². The monoisotopic (exact) mass is 305 g/mol. The molecule has 0 unspecified atom stereocenters. The Morgan fingerprint density at radius 1 is 1.14 bits per heavy atom. The molecule has 0 radical (unpaired) electrons. The van der Waals surface area contributed by atoms with Gasteiger partial charge in [0, 0.05) is 5.56 Å². The molecule has 2 aromatic carbocycles. The van der Waals surface area contributed by atoms with Gasteiger partial charge < -0.3 is 10.3 Å². The van der Waals surface area contributed by atoms with Gasteiger partial charge in [-0.05, 0) is 37.3 Å². The Kier molecular flexibility index (Phi) is 3.32. The van der Waals surface area contributed by atoms with Crippen molar-refractivity contribution < 1.29 is 18.0 Å². The van der Waals surface area contributed by atoms with E-state index in [-0.39, 0.29) is 5.56 Å². The third-order valence-corrected chi connectivity index (χ3v) is 3.15. The molecule has 4 nitrogen and oxygen atoms in total. The van der Waals surface area contributed by atoms with E-state index in [1.54, 1.807) is 19.1 Å². The predicted molar refractivity (Wildman–Crippen MR) is 75.1 cm³/mol. The summed E-state index contributed by atoms with van der Waals surface area (Å²) >= 11 is 0. The van der Waals surface area contributed by atoms with Crippen LogP contribution in [0.3, 0.4) is 0 Å². The quantitative estimate of drug-likeness (QED) is 0.711. The standard InChI is InChI=1S/C15H10F3N3O/c1-7-19-10-4-2-8(6-12(10)20-7)15(22)21-11-5-3-9(16)13(17)14(11)18/h2-6H,1H3,(H,19,20)(H,21,22). The van der Waals surface area contributed by atoms with Crippen LogP contribution in [-0.2, 0) is 0 Å². The van der Waals surface area contributed by atoms with Crippen LogP contribution in [0.15, 0.2) is 30.3 Å². The molecule has 3 rings (SSSR count). The van der Waals surface area contributed by atoms with Crippen molar-refractivity contribution >= 4 is 22.6 Å². The highest BCUT2D eigenvalue weighted by Gasteiger charge is 2.16. The zero-order valence-electron chi connectivity index (χ0n) is 11.4. The number of anilines is 1. The van der Waals surface area contributed by atoms with E-state index >= 15 is 0 Å². The molecule has 0 aliphatic carbocycles. The molecule has 1 heterocycles. The summed E-state index contributed by atoms with van der Waals surface area (Å²) in [6.45, 7) is 1.77. The number of hydrogen-bond acceptors (Lipinski definition) is 2. The molecule has 1 aromatic heterocycles. The fourth-order valence-corrected chi connectivity index (χ4v) is 2.10. The molecule has 0 aliphatic heterocycles. The van der Waals surface area contributed by atoms with Crippen LogP contribution in [0.1, 0.15) is 16.2 Å². The molecule has 0 saturated heterocycles. The second kappa shape index (κ2) is 5.18. The van der Waals surface area contributed by atoms with Crippen LogP contribution in [0.25, 0.3) is 11.0 Å². The number of aromatic amines is 1. The number of aromatic nitrogens is 2. The van der Waals surface area contributed by atoms with Crippen LogP contribution in [-0.4, -0.2) is 15.9 Å². The van der Waals surface area contributed by atoms with Gasteiger partial charge in [-0.3, -0.25) is 4.79 Å². The summed E-state index contributed by atoms with van der Waals surface area (Å²) in [4.78, 5) is 19.2. The van der Waals surface area contributed by atoms with Crippen molar-refractivity contribution in [1.29, 1.82) is 0 Å². The lowest BCUT2D eigenvalue weighted by atomic mass is 10.2. The molecule has 22 heavy (non-hydrogen) atoms. The third-order valence-electron chi connectivity index (χ3n) is 3.15. The van der Waals surface area contributed by atoms with E-state index in [2.05, 4.69) is 15.3 Å². The van der Waals surface area contributed by atoms with Crippen LogP contribution in [0.2, 0.25) is 0 Å². The number of carbonyl (C=O) groups excluding carboxylic acids is 1. The maximum absolute atomic E-state index is 13.5. The predicted octanol–water partition coefficient (Wildman–Crippen LogP) is 3.54. The summed E-state index contributed by atoms with van der Waals surface area (Å²) in [7, 11) is 0. The van der Waals surface area contributed by atoms with Gasteiger partial charge in [-0.2, -0.15) is 0 Å². The van der Waals surface area contributed by atoms with Crippen molar-refractivity contribution in [3.8, 4) is 0 Å². The number of nitrogens with one attached hydrogen (secondary N) is 2. The lowest BCUT2D eigenvalue weighted by Gasteiger charge is -2.07. The van der Waals surface area contributed by atoms with E-state index in [4.69, 9.17) is 0 Å². The summed E-state index contributed by atoms with van der Waals surface area (Å²) < 4.78 is 39.5. The highest BCUT2D eigenvalue weighted by molar-refractivity contribution is 6.06. The summed E-state index contributed by atoms with van der Waals surface area (Å²) in [5, 5.41) is 2.21. The van der Waals surface area contributed by atoms with E-state index in [0.29, 0.717) is 16.9 Å². The minimum absolute atomic E-state index is 0.236. The summed E-state index contributed by atoms with van der Waals surface area (Å²) in [5.41, 5.74) is 1.15. The minimum atomic E-state index is -1.63. The Balaban J connectivity index is 1.91. The molecule has 0 spiro atoms. The summed E-state index contributed by atoms with van der Waals surface area (Å²) in [6, 6.07) is 6.40. The van der Waals surface area contributed by atoms with Gasteiger partial charge in [-0.15, -0.1) is 0 Å². The van der Waals surface area contributed by atoms with Gasteiger partial charge in [-0.1, -0.05) is 0 Å². The molecule has 7 heteroatoms. The number of benzene rings is 2. The first kappa shape index (κ1) is 14.1. The van der Waals surface area contributed by atoms with Crippen LogP contribution < -0.4 is 5.32 Å². The number of nitrogens with zero attached hydrogens (tertiary/aromatic N) is 1. The van der Waals surface area contributed by atoms with Gasteiger partial charge in [-0.25, -0.2) is 18.2 Å². The Morgan fingerprint density at radius 2 is 1.91 bits per heavy atom. The summed E-state index contributed by atoms with van der Waals surface area (Å²) in [6.07, 6.45) is 0. The number of imidazole rings is 1. The molecule has 3 aromatic rings. The molecule has 0 aliphatic rings. The van der Waals surface area contributed by atoms with Crippen molar-refractivity contribution in [3.63, 3.8) is 0 Å². The number of hydrogen-bond donors (Lipinski definition) is 2. The van der Waals surface area contributed by atoms with Crippen LogP contribution in [0, 0.1) is 24.4 Å². The van der Waals surface area contributed by atoms with E-state index in [1.165, 1.54) is 6.07 Å². The van der Waals surface area contributed by atoms with E-state index in [0.717, 1.165) is 12.1 Å². The molecular formula is C15H10F3N3O. The van der Waals surface area contributed by atoms with Gasteiger partial charge in [0.1, 0.15) is 5.82 Å². The first-order chi connectivity index (χ1) is 10.5. The van der Waals surface area contributed by atoms with Crippen molar-refractivity contribution in [3.05, 3.63) is 59.2 Å². The number of amides is 1. The smallest absolute Gasteiger partial charge is 0.255 e. The second-order valence-corrected chi connectivity index (χ2v) is 4.73. The largest absolute Gasteiger partial charge is 0.342 e. The van der Waals surface area contributed by atoms with E-state index < -0.39 is 29.0 Å². The van der Waals surface area contributed by atoms with Crippen molar-refractivity contribution in [2.75, 3.05) is 5.32 Å². The van der Waals surface area contributed by atoms with Gasteiger partial charge in [0.05, 0.1) is 16.7 Å². The minimum Gasteiger partial charge on any atom is -0.342 e. The van der Waals surface area contributed by atoms with Gasteiger partial charge >= 0.3 is 0 Å². The molecule has 2 N–H and O–H groups in total. The molecule has 112 valence electrons. The maximum atomic E-state index is 13.5. The number of halogens is 3. The normalized spacial score (nSPS) is 10.9. The van der Waals surface area contributed by atoms with E-state index in [1.807, 2.05) is 0 Å². The number of rotatable bonds is 2. The fourth-order valence-electron chi connectivity index (χ4n) is 2.10. The number of aryl methyl sites for hydroxylation is 1. The van der Waals surface area contributed by atoms with Gasteiger partial charge in [0.2, 0.25) is 0 Å².